The normalized spacial score (nSPS) is 16.1. The number of benzene rings is 1. The van der Waals surface area contributed by atoms with Crippen LogP contribution in [0.1, 0.15) is 5.56 Å². The molecule has 0 fully saturated rings. The van der Waals surface area contributed by atoms with Crippen LogP contribution < -0.4 is 5.32 Å². The highest BCUT2D eigenvalue weighted by molar-refractivity contribution is 7.98. The van der Waals surface area contributed by atoms with Crippen LogP contribution >= 0.6 is 23.4 Å². The summed E-state index contributed by atoms with van der Waals surface area (Å²) in [6.07, 6.45) is 0. The van der Waals surface area contributed by atoms with E-state index in [-0.39, 0.29) is 0 Å². The predicted octanol–water partition coefficient (Wildman–Crippen LogP) is 3.00. The van der Waals surface area contributed by atoms with Crippen LogP contribution in [0.2, 0.25) is 5.02 Å². The van der Waals surface area contributed by atoms with Gasteiger partial charge in [-0.3, -0.25) is 0 Å². The first-order valence-corrected chi connectivity index (χ1v) is 5.49. The lowest BCUT2D eigenvalue weighted by atomic mass is 10.2. The lowest BCUT2D eigenvalue weighted by molar-refractivity contribution is 1.23. The monoisotopic (exact) mass is 199 g/mol. The molecule has 1 heterocycles. The Morgan fingerprint density at radius 1 is 1.42 bits per heavy atom. The van der Waals surface area contributed by atoms with Gasteiger partial charge in [-0.05, 0) is 23.8 Å². The summed E-state index contributed by atoms with van der Waals surface area (Å²) < 4.78 is 0. The van der Waals surface area contributed by atoms with Crippen LogP contribution in [0.5, 0.6) is 0 Å². The summed E-state index contributed by atoms with van der Waals surface area (Å²) in [4.78, 5) is 0. The van der Waals surface area contributed by atoms with Gasteiger partial charge in [-0.1, -0.05) is 11.6 Å². The molecule has 0 saturated heterocycles. The molecule has 3 heteroatoms. The molecule has 1 aromatic carbocycles. The third-order valence-electron chi connectivity index (χ3n) is 1.89. The van der Waals surface area contributed by atoms with Crippen molar-refractivity contribution in [1.82, 2.24) is 0 Å². The van der Waals surface area contributed by atoms with E-state index >= 15 is 0 Å². The number of nitrogens with one attached hydrogen (secondary N) is 1. The highest BCUT2D eigenvalue weighted by Gasteiger charge is 2.06. The Bertz CT molecular complexity index is 288. The zero-order chi connectivity index (χ0) is 8.39. The number of hydrogen-bond acceptors (Lipinski definition) is 2. The average Bonchev–Trinajstić information content (AvgIpc) is 2.28. The Morgan fingerprint density at radius 2 is 2.33 bits per heavy atom. The summed E-state index contributed by atoms with van der Waals surface area (Å²) in [6.45, 7) is 1.05. The fourth-order valence-electron chi connectivity index (χ4n) is 1.29. The molecule has 0 radical (unpaired) electrons. The van der Waals surface area contributed by atoms with Crippen molar-refractivity contribution in [2.75, 3.05) is 17.6 Å². The first-order chi connectivity index (χ1) is 5.86. The molecule has 0 saturated carbocycles. The van der Waals surface area contributed by atoms with E-state index in [0.29, 0.717) is 0 Å². The quantitative estimate of drug-likeness (QED) is 0.690. The lowest BCUT2D eigenvalue weighted by Gasteiger charge is -2.06. The highest BCUT2D eigenvalue weighted by atomic mass is 35.5. The first-order valence-electron chi connectivity index (χ1n) is 3.96. The van der Waals surface area contributed by atoms with Crippen LogP contribution in [0.3, 0.4) is 0 Å². The standard InChI is InChI=1S/C9H10ClNS/c10-8-1-2-9-7(5-8)6-12-4-3-11-9/h1-2,5,11H,3-4,6H2. The third kappa shape index (κ3) is 1.70. The summed E-state index contributed by atoms with van der Waals surface area (Å²) in [5.41, 5.74) is 2.56. The Balaban J connectivity index is 2.36. The lowest BCUT2D eigenvalue weighted by Crippen LogP contribution is -2.01. The van der Waals surface area contributed by atoms with E-state index in [2.05, 4.69) is 11.4 Å². The van der Waals surface area contributed by atoms with Gasteiger partial charge in [-0.2, -0.15) is 11.8 Å². The zero-order valence-corrected chi connectivity index (χ0v) is 8.21. The minimum atomic E-state index is 0.832. The second-order valence-electron chi connectivity index (χ2n) is 2.78. The molecule has 1 nitrogen and oxygen atoms in total. The molecule has 1 aliphatic heterocycles. The van der Waals surface area contributed by atoms with E-state index in [0.717, 1.165) is 17.3 Å². The first kappa shape index (κ1) is 8.27. The van der Waals surface area contributed by atoms with Crippen molar-refractivity contribution in [2.45, 2.75) is 5.75 Å². The van der Waals surface area contributed by atoms with Crippen LogP contribution in [-0.2, 0) is 5.75 Å². The van der Waals surface area contributed by atoms with Crippen LogP contribution in [0.15, 0.2) is 18.2 Å². The SMILES string of the molecule is Clc1ccc2c(c1)CSCCN2. The van der Waals surface area contributed by atoms with Gasteiger partial charge in [0.2, 0.25) is 0 Å². The maximum absolute atomic E-state index is 5.89. The second kappa shape index (κ2) is 3.58. The van der Waals surface area contributed by atoms with Gasteiger partial charge in [-0.25, -0.2) is 0 Å². The van der Waals surface area contributed by atoms with Gasteiger partial charge in [0.1, 0.15) is 0 Å². The molecular formula is C9H10ClNS. The van der Waals surface area contributed by atoms with E-state index in [9.17, 15) is 0 Å². The molecular weight excluding hydrogens is 190 g/mol. The van der Waals surface area contributed by atoms with E-state index in [1.807, 2.05) is 23.9 Å². The van der Waals surface area contributed by atoms with Crippen LogP contribution in [-0.4, -0.2) is 12.3 Å². The van der Waals surface area contributed by atoms with Gasteiger partial charge < -0.3 is 5.32 Å². The second-order valence-corrected chi connectivity index (χ2v) is 4.32. The summed E-state index contributed by atoms with van der Waals surface area (Å²) in [6, 6.07) is 6.04. The maximum atomic E-state index is 5.89. The molecule has 0 spiro atoms. The van der Waals surface area contributed by atoms with E-state index in [4.69, 9.17) is 11.6 Å². The molecule has 1 aliphatic rings. The molecule has 0 aliphatic carbocycles. The van der Waals surface area contributed by atoms with Crippen molar-refractivity contribution in [3.8, 4) is 0 Å². The molecule has 0 aromatic heterocycles. The van der Waals surface area contributed by atoms with Gasteiger partial charge in [0.05, 0.1) is 0 Å². The smallest absolute Gasteiger partial charge is 0.0410 e. The molecule has 0 unspecified atom stereocenters. The van der Waals surface area contributed by atoms with E-state index in [1.54, 1.807) is 0 Å². The molecule has 2 rings (SSSR count). The van der Waals surface area contributed by atoms with Crippen LogP contribution in [0, 0.1) is 0 Å². The average molecular weight is 200 g/mol. The molecule has 0 bridgehead atoms. The molecule has 0 amide bonds. The topological polar surface area (TPSA) is 12.0 Å². The molecule has 12 heavy (non-hydrogen) atoms. The van der Waals surface area contributed by atoms with E-state index in [1.165, 1.54) is 17.0 Å². The van der Waals surface area contributed by atoms with Gasteiger partial charge in [0, 0.05) is 28.8 Å². The van der Waals surface area contributed by atoms with Gasteiger partial charge in [0.25, 0.3) is 0 Å². The Morgan fingerprint density at radius 3 is 3.25 bits per heavy atom. The predicted molar refractivity (Wildman–Crippen MR) is 56.1 cm³/mol. The number of hydrogen-bond donors (Lipinski definition) is 1. The Labute approximate surface area is 81.5 Å². The summed E-state index contributed by atoms with van der Waals surface area (Å²) >= 11 is 7.84. The van der Waals surface area contributed by atoms with Crippen molar-refractivity contribution >= 4 is 29.1 Å². The fourth-order valence-corrected chi connectivity index (χ4v) is 2.34. The Hall–Kier alpha value is -0.340. The summed E-state index contributed by atoms with van der Waals surface area (Å²) in [5, 5.41) is 4.20. The van der Waals surface area contributed by atoms with Crippen molar-refractivity contribution in [3.05, 3.63) is 28.8 Å². The van der Waals surface area contributed by atoms with Gasteiger partial charge in [-0.15, -0.1) is 0 Å². The van der Waals surface area contributed by atoms with Gasteiger partial charge in [0.15, 0.2) is 0 Å². The minimum Gasteiger partial charge on any atom is -0.384 e. The number of fused-ring (bicyclic) bond motifs is 1. The Kier molecular flexibility index (Phi) is 2.47. The molecule has 64 valence electrons. The fraction of sp³-hybridized carbons (Fsp3) is 0.333. The van der Waals surface area contributed by atoms with Crippen LogP contribution in [0.25, 0.3) is 0 Å². The largest absolute Gasteiger partial charge is 0.384 e. The third-order valence-corrected chi connectivity index (χ3v) is 3.13. The van der Waals surface area contributed by atoms with Crippen LogP contribution in [0.4, 0.5) is 5.69 Å². The van der Waals surface area contributed by atoms with Crippen molar-refractivity contribution in [2.24, 2.45) is 0 Å². The highest BCUT2D eigenvalue weighted by Crippen LogP contribution is 2.26. The summed E-state index contributed by atoms with van der Waals surface area (Å²) in [7, 11) is 0. The van der Waals surface area contributed by atoms with Gasteiger partial charge >= 0.3 is 0 Å². The maximum Gasteiger partial charge on any atom is 0.0410 e. The van der Waals surface area contributed by atoms with Crippen molar-refractivity contribution in [1.29, 1.82) is 0 Å². The number of rotatable bonds is 0. The van der Waals surface area contributed by atoms with E-state index < -0.39 is 0 Å². The zero-order valence-electron chi connectivity index (χ0n) is 6.64. The molecule has 1 aromatic rings. The molecule has 1 N–H and O–H groups in total. The number of anilines is 1. The van der Waals surface area contributed by atoms with Crippen molar-refractivity contribution in [3.63, 3.8) is 0 Å². The minimum absolute atomic E-state index is 0.832. The number of thioether (sulfide) groups is 1. The summed E-state index contributed by atoms with van der Waals surface area (Å²) in [5.74, 6) is 2.25. The number of halogens is 1. The molecule has 0 atom stereocenters. The van der Waals surface area contributed by atoms with Crippen molar-refractivity contribution < 1.29 is 0 Å².